The van der Waals surface area contributed by atoms with Gasteiger partial charge in [-0.05, 0) is 43.3 Å². The maximum atomic E-state index is 12.6. The first-order valence-corrected chi connectivity index (χ1v) is 8.00. The number of alkyl halides is 3. The summed E-state index contributed by atoms with van der Waals surface area (Å²) in [7, 11) is 1.81. The number of likely N-dealkylation sites (N-methyl/N-ethyl adjacent to an activating group) is 1. The molecule has 1 unspecified atom stereocenters. The SMILES string of the molecule is C[C@H](C(=O)Nc1ccc(C#N)cc1)[NH+](C)Cc1ccc(C(F)(F)F)cc1. The van der Waals surface area contributed by atoms with Gasteiger partial charge in [0.15, 0.2) is 6.04 Å². The third-order valence-corrected chi connectivity index (χ3v) is 4.18. The standard InChI is InChI=1S/C19H18F3N3O/c1-13(18(26)24-17-9-5-14(11-23)6-10-17)25(2)12-15-3-7-16(8-4-15)19(20,21)22/h3-10,13H,12H2,1-2H3,(H,24,26)/p+1/t13-/m1/s1. The second-order valence-corrected chi connectivity index (χ2v) is 6.12. The molecule has 4 nitrogen and oxygen atoms in total. The van der Waals surface area contributed by atoms with Crippen LogP contribution in [0.25, 0.3) is 0 Å². The van der Waals surface area contributed by atoms with Crippen LogP contribution in [-0.4, -0.2) is 19.0 Å². The molecule has 0 aliphatic rings. The summed E-state index contributed by atoms with van der Waals surface area (Å²) >= 11 is 0. The second kappa shape index (κ2) is 8.02. The van der Waals surface area contributed by atoms with Crippen molar-refractivity contribution >= 4 is 11.6 Å². The molecule has 7 heteroatoms. The van der Waals surface area contributed by atoms with Gasteiger partial charge in [0.2, 0.25) is 0 Å². The van der Waals surface area contributed by atoms with Crippen molar-refractivity contribution in [3.05, 3.63) is 65.2 Å². The van der Waals surface area contributed by atoms with E-state index in [4.69, 9.17) is 5.26 Å². The van der Waals surface area contributed by atoms with Gasteiger partial charge in [-0.25, -0.2) is 0 Å². The molecule has 0 heterocycles. The summed E-state index contributed by atoms with van der Waals surface area (Å²) in [4.78, 5) is 13.2. The molecule has 2 atom stereocenters. The lowest BCUT2D eigenvalue weighted by Gasteiger charge is -2.21. The minimum absolute atomic E-state index is 0.209. The van der Waals surface area contributed by atoms with E-state index in [1.807, 2.05) is 6.07 Å². The summed E-state index contributed by atoms with van der Waals surface area (Å²) < 4.78 is 37.8. The lowest BCUT2D eigenvalue weighted by molar-refractivity contribution is -0.907. The molecule has 0 aliphatic heterocycles. The zero-order valence-corrected chi connectivity index (χ0v) is 14.4. The Morgan fingerprint density at radius 3 is 2.23 bits per heavy atom. The largest absolute Gasteiger partial charge is 0.416 e. The summed E-state index contributed by atoms with van der Waals surface area (Å²) in [5, 5.41) is 11.5. The van der Waals surface area contributed by atoms with Crippen LogP contribution in [0.5, 0.6) is 0 Å². The molecular formula is C19H19F3N3O+. The Morgan fingerprint density at radius 1 is 1.15 bits per heavy atom. The fourth-order valence-electron chi connectivity index (χ4n) is 2.39. The Kier molecular flexibility index (Phi) is 6.01. The predicted molar refractivity (Wildman–Crippen MR) is 91.3 cm³/mol. The monoisotopic (exact) mass is 362 g/mol. The summed E-state index contributed by atoms with van der Waals surface area (Å²) in [5.41, 5.74) is 1.11. The lowest BCUT2D eigenvalue weighted by atomic mass is 10.1. The molecule has 0 spiro atoms. The van der Waals surface area contributed by atoms with Crippen molar-refractivity contribution in [2.45, 2.75) is 25.7 Å². The maximum absolute atomic E-state index is 12.6. The van der Waals surface area contributed by atoms with Crippen molar-refractivity contribution < 1.29 is 22.9 Å². The zero-order valence-electron chi connectivity index (χ0n) is 14.4. The van der Waals surface area contributed by atoms with Gasteiger partial charge in [0, 0.05) is 11.3 Å². The molecule has 0 aromatic heterocycles. The smallest absolute Gasteiger partial charge is 0.324 e. The van der Waals surface area contributed by atoms with Gasteiger partial charge in [0.1, 0.15) is 6.54 Å². The van der Waals surface area contributed by atoms with Crippen molar-refractivity contribution in [1.82, 2.24) is 0 Å². The number of nitrogens with one attached hydrogen (secondary N) is 2. The fourth-order valence-corrected chi connectivity index (χ4v) is 2.39. The molecule has 26 heavy (non-hydrogen) atoms. The third kappa shape index (κ3) is 5.07. The Labute approximate surface area is 149 Å². The number of amides is 1. The van der Waals surface area contributed by atoms with Gasteiger partial charge in [-0.2, -0.15) is 18.4 Å². The molecule has 0 saturated heterocycles. The second-order valence-electron chi connectivity index (χ2n) is 6.12. The van der Waals surface area contributed by atoms with Crippen molar-refractivity contribution in [2.24, 2.45) is 0 Å². The fraction of sp³-hybridized carbons (Fsp3) is 0.263. The van der Waals surface area contributed by atoms with Crippen molar-refractivity contribution in [2.75, 3.05) is 12.4 Å². The average molecular weight is 362 g/mol. The van der Waals surface area contributed by atoms with Crippen LogP contribution in [0.4, 0.5) is 18.9 Å². The van der Waals surface area contributed by atoms with Crippen LogP contribution in [0.1, 0.15) is 23.6 Å². The number of carbonyl (C=O) groups excluding carboxylic acids is 1. The summed E-state index contributed by atoms with van der Waals surface area (Å²) in [5.74, 6) is -0.209. The molecule has 2 aromatic rings. The van der Waals surface area contributed by atoms with Gasteiger partial charge in [-0.1, -0.05) is 12.1 Å². The molecule has 136 valence electrons. The first-order chi connectivity index (χ1) is 12.2. The highest BCUT2D eigenvalue weighted by Crippen LogP contribution is 2.28. The minimum atomic E-state index is -4.36. The minimum Gasteiger partial charge on any atom is -0.324 e. The van der Waals surface area contributed by atoms with Gasteiger partial charge in [0.25, 0.3) is 5.91 Å². The number of hydrogen-bond acceptors (Lipinski definition) is 2. The zero-order chi connectivity index (χ0) is 19.3. The van der Waals surface area contributed by atoms with Crippen molar-refractivity contribution in [1.29, 1.82) is 5.26 Å². The number of halogens is 3. The normalized spacial score (nSPS) is 13.5. The third-order valence-electron chi connectivity index (χ3n) is 4.18. The van der Waals surface area contributed by atoms with Gasteiger partial charge in [0.05, 0.1) is 24.2 Å². The Bertz CT molecular complexity index is 793. The van der Waals surface area contributed by atoms with Crippen molar-refractivity contribution in [3.8, 4) is 6.07 Å². The topological polar surface area (TPSA) is 57.3 Å². The first kappa shape index (κ1) is 19.5. The number of benzene rings is 2. The van der Waals surface area contributed by atoms with E-state index in [-0.39, 0.29) is 5.91 Å². The van der Waals surface area contributed by atoms with E-state index in [1.54, 1.807) is 38.2 Å². The predicted octanol–water partition coefficient (Wildman–Crippen LogP) is 2.62. The molecule has 0 aliphatic carbocycles. The number of anilines is 1. The number of hydrogen-bond donors (Lipinski definition) is 2. The summed E-state index contributed by atoms with van der Waals surface area (Å²) in [6.07, 6.45) is -4.36. The quantitative estimate of drug-likeness (QED) is 0.859. The van der Waals surface area contributed by atoms with Crippen LogP contribution in [-0.2, 0) is 17.5 Å². The molecule has 0 bridgehead atoms. The molecule has 2 N–H and O–H groups in total. The Morgan fingerprint density at radius 2 is 1.73 bits per heavy atom. The van der Waals surface area contributed by atoms with Crippen LogP contribution in [0, 0.1) is 11.3 Å². The molecule has 2 aromatic carbocycles. The molecular weight excluding hydrogens is 343 g/mol. The highest BCUT2D eigenvalue weighted by atomic mass is 19.4. The molecule has 1 amide bonds. The summed E-state index contributed by atoms with van der Waals surface area (Å²) in [6.45, 7) is 2.17. The molecule has 2 rings (SSSR count). The van der Waals surface area contributed by atoms with E-state index in [2.05, 4.69) is 5.32 Å². The van der Waals surface area contributed by atoms with E-state index in [1.165, 1.54) is 12.1 Å². The van der Waals surface area contributed by atoms with E-state index < -0.39 is 17.8 Å². The van der Waals surface area contributed by atoms with Gasteiger partial charge in [-0.3, -0.25) is 4.79 Å². The Hall–Kier alpha value is -2.85. The highest BCUT2D eigenvalue weighted by Gasteiger charge is 2.30. The van der Waals surface area contributed by atoms with Gasteiger partial charge >= 0.3 is 6.18 Å². The Balaban J connectivity index is 1.96. The molecule has 0 radical (unpaired) electrons. The van der Waals surface area contributed by atoms with Gasteiger partial charge in [-0.15, -0.1) is 0 Å². The summed E-state index contributed by atoms with van der Waals surface area (Å²) in [6, 6.07) is 13.1. The number of rotatable bonds is 5. The van der Waals surface area contributed by atoms with E-state index in [0.717, 1.165) is 17.0 Å². The highest BCUT2D eigenvalue weighted by molar-refractivity contribution is 5.93. The van der Waals surface area contributed by atoms with Gasteiger partial charge < -0.3 is 10.2 Å². The number of carbonyl (C=O) groups is 1. The molecule has 0 saturated carbocycles. The van der Waals surface area contributed by atoms with Crippen LogP contribution in [0.15, 0.2) is 48.5 Å². The number of nitrogens with zero attached hydrogens (tertiary/aromatic N) is 1. The van der Waals surface area contributed by atoms with Crippen LogP contribution < -0.4 is 10.2 Å². The number of nitriles is 1. The van der Waals surface area contributed by atoms with E-state index >= 15 is 0 Å². The van der Waals surface area contributed by atoms with Crippen LogP contribution in [0.3, 0.4) is 0 Å². The average Bonchev–Trinajstić information content (AvgIpc) is 2.61. The molecule has 0 fully saturated rings. The van der Waals surface area contributed by atoms with Crippen LogP contribution in [0.2, 0.25) is 0 Å². The first-order valence-electron chi connectivity index (χ1n) is 8.00. The van der Waals surface area contributed by atoms with Crippen LogP contribution >= 0.6 is 0 Å². The lowest BCUT2D eigenvalue weighted by Crippen LogP contribution is -3.12. The van der Waals surface area contributed by atoms with E-state index in [9.17, 15) is 18.0 Å². The van der Waals surface area contributed by atoms with Crippen molar-refractivity contribution in [3.63, 3.8) is 0 Å². The number of quaternary nitrogens is 1. The van der Waals surface area contributed by atoms with E-state index in [0.29, 0.717) is 23.4 Å². The maximum Gasteiger partial charge on any atom is 0.416 e.